The molecule has 2 nitrogen and oxygen atoms in total. The maximum atomic E-state index is 4.97. The summed E-state index contributed by atoms with van der Waals surface area (Å²) in [4.78, 5) is 0. The Hall–Kier alpha value is -0.860. The molecule has 2 heteroatoms. The number of methoxy groups -OCH3 is 1. The zero-order valence-corrected chi connectivity index (χ0v) is 11.2. The van der Waals surface area contributed by atoms with Gasteiger partial charge in [-0.15, -0.1) is 0 Å². The van der Waals surface area contributed by atoms with Gasteiger partial charge in [-0.2, -0.15) is 0 Å². The van der Waals surface area contributed by atoms with Crippen LogP contribution in [0.3, 0.4) is 0 Å². The Morgan fingerprint density at radius 3 is 2.47 bits per heavy atom. The third-order valence-electron chi connectivity index (χ3n) is 2.92. The summed E-state index contributed by atoms with van der Waals surface area (Å²) >= 11 is 0. The van der Waals surface area contributed by atoms with Gasteiger partial charge in [0.15, 0.2) is 0 Å². The summed E-state index contributed by atoms with van der Waals surface area (Å²) in [6.45, 7) is 5.02. The highest BCUT2D eigenvalue weighted by Crippen LogP contribution is 2.07. The number of aryl methyl sites for hydroxylation is 2. The topological polar surface area (TPSA) is 21.3 Å². The Kier molecular flexibility index (Phi) is 7.69. The van der Waals surface area contributed by atoms with Crippen LogP contribution in [0.5, 0.6) is 0 Å². The average Bonchev–Trinajstić information content (AvgIpc) is 2.35. The second-order valence-corrected chi connectivity index (χ2v) is 4.54. The van der Waals surface area contributed by atoms with E-state index in [0.717, 1.165) is 19.7 Å². The lowest BCUT2D eigenvalue weighted by Gasteiger charge is -2.04. The fourth-order valence-electron chi connectivity index (χ4n) is 1.81. The van der Waals surface area contributed by atoms with Crippen LogP contribution in [0, 0.1) is 6.92 Å². The molecule has 1 aromatic rings. The van der Waals surface area contributed by atoms with E-state index in [9.17, 15) is 0 Å². The van der Waals surface area contributed by atoms with Gasteiger partial charge >= 0.3 is 0 Å². The molecule has 0 aliphatic rings. The van der Waals surface area contributed by atoms with Crippen LogP contribution in [0.1, 0.15) is 30.4 Å². The Morgan fingerprint density at radius 1 is 1.00 bits per heavy atom. The van der Waals surface area contributed by atoms with Crippen molar-refractivity contribution in [3.8, 4) is 0 Å². The molecule has 17 heavy (non-hydrogen) atoms. The van der Waals surface area contributed by atoms with Gasteiger partial charge in [0, 0.05) is 13.7 Å². The number of unbranched alkanes of at least 4 members (excludes halogenated alkanes) is 2. The number of hydrogen-bond acceptors (Lipinski definition) is 2. The van der Waals surface area contributed by atoms with Crippen LogP contribution >= 0.6 is 0 Å². The smallest absolute Gasteiger partial charge is 0.0587 e. The summed E-state index contributed by atoms with van der Waals surface area (Å²) in [5.74, 6) is 0. The summed E-state index contributed by atoms with van der Waals surface area (Å²) in [7, 11) is 1.74. The Labute approximate surface area is 105 Å². The molecule has 0 aromatic heterocycles. The summed E-state index contributed by atoms with van der Waals surface area (Å²) in [6.07, 6.45) is 5.05. The van der Waals surface area contributed by atoms with E-state index in [0.29, 0.717) is 0 Å². The Bertz CT molecular complexity index is 281. The minimum Gasteiger partial charge on any atom is -0.383 e. The van der Waals surface area contributed by atoms with Crippen molar-refractivity contribution in [1.82, 2.24) is 5.32 Å². The predicted octanol–water partition coefficient (Wildman–Crippen LogP) is 2.94. The van der Waals surface area contributed by atoms with E-state index in [1.54, 1.807) is 7.11 Å². The highest BCUT2D eigenvalue weighted by Gasteiger charge is 1.94. The van der Waals surface area contributed by atoms with Crippen molar-refractivity contribution < 1.29 is 4.74 Å². The van der Waals surface area contributed by atoms with Crippen molar-refractivity contribution in [1.29, 1.82) is 0 Å². The van der Waals surface area contributed by atoms with Crippen molar-refractivity contribution in [2.24, 2.45) is 0 Å². The molecule has 0 spiro atoms. The standard InChI is InChI=1S/C15H25NO/c1-14-7-9-15(10-8-14)6-4-3-5-11-16-12-13-17-2/h7-10,16H,3-6,11-13H2,1-2H3. The van der Waals surface area contributed by atoms with Crippen LogP contribution in [-0.2, 0) is 11.2 Å². The van der Waals surface area contributed by atoms with Crippen LogP contribution in [0.4, 0.5) is 0 Å². The normalized spacial score (nSPS) is 10.7. The van der Waals surface area contributed by atoms with Gasteiger partial charge in [-0.1, -0.05) is 36.2 Å². The largest absolute Gasteiger partial charge is 0.383 e. The molecular weight excluding hydrogens is 210 g/mol. The minimum atomic E-state index is 0.809. The van der Waals surface area contributed by atoms with Crippen molar-refractivity contribution >= 4 is 0 Å². The molecule has 0 heterocycles. The highest BCUT2D eigenvalue weighted by molar-refractivity contribution is 5.21. The summed E-state index contributed by atoms with van der Waals surface area (Å²) in [5, 5.41) is 3.37. The van der Waals surface area contributed by atoms with Gasteiger partial charge in [-0.3, -0.25) is 0 Å². The molecule has 96 valence electrons. The molecule has 0 bridgehead atoms. The quantitative estimate of drug-likeness (QED) is 0.664. The summed E-state index contributed by atoms with van der Waals surface area (Å²) in [5.41, 5.74) is 2.80. The zero-order valence-electron chi connectivity index (χ0n) is 11.2. The predicted molar refractivity (Wildman–Crippen MR) is 73.5 cm³/mol. The second kappa shape index (κ2) is 9.20. The van der Waals surface area contributed by atoms with Crippen molar-refractivity contribution in [3.63, 3.8) is 0 Å². The molecule has 1 rings (SSSR count). The third-order valence-corrected chi connectivity index (χ3v) is 2.92. The van der Waals surface area contributed by atoms with Gasteiger partial charge in [0.2, 0.25) is 0 Å². The highest BCUT2D eigenvalue weighted by atomic mass is 16.5. The van der Waals surface area contributed by atoms with Crippen molar-refractivity contribution in [2.75, 3.05) is 26.8 Å². The molecule has 1 N–H and O–H groups in total. The minimum absolute atomic E-state index is 0.809. The third kappa shape index (κ3) is 7.14. The van der Waals surface area contributed by atoms with E-state index in [1.165, 1.54) is 36.8 Å². The number of hydrogen-bond donors (Lipinski definition) is 1. The first-order chi connectivity index (χ1) is 8.33. The first-order valence-electron chi connectivity index (χ1n) is 6.58. The average molecular weight is 235 g/mol. The van der Waals surface area contributed by atoms with Gasteiger partial charge in [0.25, 0.3) is 0 Å². The van der Waals surface area contributed by atoms with Gasteiger partial charge < -0.3 is 10.1 Å². The molecular formula is C15H25NO. The molecule has 0 amide bonds. The fourth-order valence-corrected chi connectivity index (χ4v) is 1.81. The van der Waals surface area contributed by atoms with Crippen LogP contribution in [0.15, 0.2) is 24.3 Å². The first kappa shape index (κ1) is 14.2. The molecule has 1 aromatic carbocycles. The molecule has 0 atom stereocenters. The van der Waals surface area contributed by atoms with E-state index in [4.69, 9.17) is 4.74 Å². The molecule has 0 aliphatic carbocycles. The number of ether oxygens (including phenoxy) is 1. The summed E-state index contributed by atoms with van der Waals surface area (Å²) < 4.78 is 4.97. The maximum Gasteiger partial charge on any atom is 0.0587 e. The molecule has 0 saturated heterocycles. The van der Waals surface area contributed by atoms with Gasteiger partial charge in [-0.05, 0) is 38.3 Å². The van der Waals surface area contributed by atoms with Crippen molar-refractivity contribution in [2.45, 2.75) is 32.6 Å². The molecule has 0 radical (unpaired) electrons. The van der Waals surface area contributed by atoms with E-state index in [1.807, 2.05) is 0 Å². The molecule has 0 aliphatic heterocycles. The molecule has 0 unspecified atom stereocenters. The van der Waals surface area contributed by atoms with Crippen LogP contribution < -0.4 is 5.32 Å². The number of nitrogens with one attached hydrogen (secondary N) is 1. The van der Waals surface area contributed by atoms with E-state index in [-0.39, 0.29) is 0 Å². The molecule has 0 saturated carbocycles. The van der Waals surface area contributed by atoms with Gasteiger partial charge in [0.05, 0.1) is 6.61 Å². The van der Waals surface area contributed by atoms with Crippen LogP contribution in [0.2, 0.25) is 0 Å². The summed E-state index contributed by atoms with van der Waals surface area (Å²) in [6, 6.07) is 8.88. The lowest BCUT2D eigenvalue weighted by Crippen LogP contribution is -2.20. The van der Waals surface area contributed by atoms with Gasteiger partial charge in [-0.25, -0.2) is 0 Å². The lowest BCUT2D eigenvalue weighted by atomic mass is 10.1. The van der Waals surface area contributed by atoms with E-state index >= 15 is 0 Å². The number of rotatable bonds is 9. The van der Waals surface area contributed by atoms with E-state index in [2.05, 4.69) is 36.5 Å². The zero-order chi connectivity index (χ0) is 12.3. The van der Waals surface area contributed by atoms with Crippen molar-refractivity contribution in [3.05, 3.63) is 35.4 Å². The van der Waals surface area contributed by atoms with Crippen LogP contribution in [-0.4, -0.2) is 26.8 Å². The first-order valence-corrected chi connectivity index (χ1v) is 6.58. The van der Waals surface area contributed by atoms with Gasteiger partial charge in [0.1, 0.15) is 0 Å². The monoisotopic (exact) mass is 235 g/mol. The molecule has 0 fully saturated rings. The Balaban J connectivity index is 1.95. The fraction of sp³-hybridized carbons (Fsp3) is 0.600. The SMILES string of the molecule is COCCNCCCCCc1ccc(C)cc1. The number of benzene rings is 1. The van der Waals surface area contributed by atoms with E-state index < -0.39 is 0 Å². The Morgan fingerprint density at radius 2 is 1.76 bits per heavy atom. The van der Waals surface area contributed by atoms with Crippen LogP contribution in [0.25, 0.3) is 0 Å². The maximum absolute atomic E-state index is 4.97. The second-order valence-electron chi connectivity index (χ2n) is 4.54. The lowest BCUT2D eigenvalue weighted by molar-refractivity contribution is 0.199.